The summed E-state index contributed by atoms with van der Waals surface area (Å²) in [5.41, 5.74) is 7.82. The van der Waals surface area contributed by atoms with Gasteiger partial charge in [0.05, 0.1) is 0 Å². The van der Waals surface area contributed by atoms with Crippen LogP contribution >= 0.6 is 23.2 Å². The predicted molar refractivity (Wildman–Crippen MR) is 68.0 cm³/mol. The maximum atomic E-state index is 5.74. The van der Waals surface area contributed by atoms with E-state index in [1.807, 2.05) is 12.1 Å². The summed E-state index contributed by atoms with van der Waals surface area (Å²) in [7, 11) is 0. The maximum Gasteiger partial charge on any atom is 0.0399 e. The zero-order chi connectivity index (χ0) is 11.1. The van der Waals surface area contributed by atoms with Gasteiger partial charge in [-0.3, -0.25) is 0 Å². The van der Waals surface area contributed by atoms with E-state index in [-0.39, 0.29) is 0 Å². The summed E-state index contributed by atoms with van der Waals surface area (Å²) in [5, 5.41) is 0. The van der Waals surface area contributed by atoms with Crippen molar-refractivity contribution < 1.29 is 0 Å². The lowest BCUT2D eigenvalue weighted by Gasteiger charge is -2.22. The van der Waals surface area contributed by atoms with Gasteiger partial charge in [0.15, 0.2) is 0 Å². The second-order valence-electron chi connectivity index (χ2n) is 3.24. The number of nitrogens with zero attached hydrogens (tertiary/aromatic N) is 1. The lowest BCUT2D eigenvalue weighted by Crippen LogP contribution is -2.27. The molecule has 0 aromatic heterocycles. The summed E-state index contributed by atoms with van der Waals surface area (Å²) in [4.78, 5) is 2.17. The first kappa shape index (κ1) is 12.6. The lowest BCUT2D eigenvalue weighted by atomic mass is 10.2. The molecular weight excluding hydrogens is 231 g/mol. The van der Waals surface area contributed by atoms with E-state index in [2.05, 4.69) is 17.0 Å². The molecule has 0 atom stereocenters. The molecule has 1 aromatic carbocycles. The molecule has 0 bridgehead atoms. The molecule has 2 N–H and O–H groups in total. The quantitative estimate of drug-likeness (QED) is 0.782. The molecule has 0 aliphatic rings. The Morgan fingerprint density at radius 3 is 1.93 bits per heavy atom. The van der Waals surface area contributed by atoms with Crippen LogP contribution in [0.5, 0.6) is 0 Å². The second-order valence-corrected chi connectivity index (χ2v) is 3.99. The lowest BCUT2D eigenvalue weighted by molar-refractivity contribution is 0.873. The van der Waals surface area contributed by atoms with E-state index in [4.69, 9.17) is 28.9 Å². The van der Waals surface area contributed by atoms with Crippen LogP contribution in [0.1, 0.15) is 5.56 Å². The molecule has 0 saturated carbocycles. The molecule has 0 fully saturated rings. The molecule has 0 unspecified atom stereocenters. The molecule has 15 heavy (non-hydrogen) atoms. The summed E-state index contributed by atoms with van der Waals surface area (Å²) >= 11 is 11.5. The van der Waals surface area contributed by atoms with Crippen molar-refractivity contribution in [1.29, 1.82) is 0 Å². The van der Waals surface area contributed by atoms with Gasteiger partial charge in [-0.2, -0.15) is 0 Å². The van der Waals surface area contributed by atoms with Crippen molar-refractivity contribution >= 4 is 28.9 Å². The molecular formula is C11H16Cl2N2. The van der Waals surface area contributed by atoms with Crippen molar-refractivity contribution in [2.45, 2.75) is 6.54 Å². The highest BCUT2D eigenvalue weighted by Gasteiger charge is 2.04. The Hall–Kier alpha value is -0.440. The Balaban J connectivity index is 2.72. The van der Waals surface area contributed by atoms with E-state index in [0.717, 1.165) is 24.3 Å². The first-order chi connectivity index (χ1) is 7.31. The van der Waals surface area contributed by atoms with Crippen LogP contribution in [0.15, 0.2) is 24.3 Å². The van der Waals surface area contributed by atoms with E-state index in [1.165, 1.54) is 0 Å². The molecule has 0 aliphatic carbocycles. The van der Waals surface area contributed by atoms with Crippen LogP contribution in [0, 0.1) is 0 Å². The predicted octanol–water partition coefficient (Wildman–Crippen LogP) is 2.43. The highest BCUT2D eigenvalue weighted by atomic mass is 35.5. The Morgan fingerprint density at radius 2 is 1.53 bits per heavy atom. The average molecular weight is 247 g/mol. The molecule has 0 radical (unpaired) electrons. The third-order valence-corrected chi connectivity index (χ3v) is 2.58. The van der Waals surface area contributed by atoms with E-state index < -0.39 is 0 Å². The number of nitrogens with two attached hydrogens (primary N) is 1. The van der Waals surface area contributed by atoms with Crippen LogP contribution in [0.25, 0.3) is 0 Å². The molecule has 0 aliphatic heterocycles. The van der Waals surface area contributed by atoms with Crippen molar-refractivity contribution in [3.63, 3.8) is 0 Å². The second kappa shape index (κ2) is 6.94. The fraction of sp³-hybridized carbons (Fsp3) is 0.455. The molecule has 1 rings (SSSR count). The van der Waals surface area contributed by atoms with Crippen molar-refractivity contribution in [3.8, 4) is 0 Å². The topological polar surface area (TPSA) is 29.3 Å². The Kier molecular flexibility index (Phi) is 5.84. The minimum Gasteiger partial charge on any atom is -0.369 e. The van der Waals surface area contributed by atoms with Gasteiger partial charge in [0.25, 0.3) is 0 Å². The zero-order valence-corrected chi connectivity index (χ0v) is 10.1. The highest BCUT2D eigenvalue weighted by molar-refractivity contribution is 6.18. The third-order valence-electron chi connectivity index (χ3n) is 2.25. The number of halogens is 2. The fourth-order valence-corrected chi connectivity index (χ4v) is 1.82. The Labute approximate surface area is 101 Å². The van der Waals surface area contributed by atoms with Gasteiger partial charge >= 0.3 is 0 Å². The molecule has 0 amide bonds. The van der Waals surface area contributed by atoms with Gasteiger partial charge in [-0.1, -0.05) is 12.1 Å². The van der Waals surface area contributed by atoms with Crippen LogP contribution < -0.4 is 10.6 Å². The first-order valence-corrected chi connectivity index (χ1v) is 6.04. The molecule has 0 spiro atoms. The Bertz CT molecular complexity index is 268. The van der Waals surface area contributed by atoms with Crippen LogP contribution in [0.3, 0.4) is 0 Å². The molecule has 1 aromatic rings. The van der Waals surface area contributed by atoms with Gasteiger partial charge in [0.1, 0.15) is 0 Å². The summed E-state index contributed by atoms with van der Waals surface area (Å²) in [6.07, 6.45) is 0. The van der Waals surface area contributed by atoms with Gasteiger partial charge in [-0.15, -0.1) is 23.2 Å². The number of benzene rings is 1. The SMILES string of the molecule is NCc1ccc(N(CCCl)CCCl)cc1. The molecule has 84 valence electrons. The zero-order valence-electron chi connectivity index (χ0n) is 8.63. The fourth-order valence-electron chi connectivity index (χ4n) is 1.42. The van der Waals surface area contributed by atoms with Crippen molar-refractivity contribution in [3.05, 3.63) is 29.8 Å². The maximum absolute atomic E-state index is 5.74. The van der Waals surface area contributed by atoms with Gasteiger partial charge in [-0.25, -0.2) is 0 Å². The molecule has 2 nitrogen and oxygen atoms in total. The number of anilines is 1. The first-order valence-electron chi connectivity index (χ1n) is 4.97. The molecule has 4 heteroatoms. The van der Waals surface area contributed by atoms with Crippen LogP contribution in [0.2, 0.25) is 0 Å². The standard InChI is InChI=1S/C11H16Cl2N2/c12-5-7-15(8-6-13)11-3-1-10(9-14)2-4-11/h1-4H,5-9,14H2. The number of hydrogen-bond donors (Lipinski definition) is 1. The normalized spacial score (nSPS) is 10.3. The average Bonchev–Trinajstić information content (AvgIpc) is 2.29. The van der Waals surface area contributed by atoms with Crippen molar-refractivity contribution in [1.82, 2.24) is 0 Å². The number of hydrogen-bond acceptors (Lipinski definition) is 2. The summed E-state index contributed by atoms with van der Waals surface area (Å²) in [6, 6.07) is 8.18. The summed E-state index contributed by atoms with van der Waals surface area (Å²) in [5.74, 6) is 1.21. The molecule has 0 saturated heterocycles. The third kappa shape index (κ3) is 3.90. The highest BCUT2D eigenvalue weighted by Crippen LogP contribution is 2.15. The van der Waals surface area contributed by atoms with E-state index in [9.17, 15) is 0 Å². The van der Waals surface area contributed by atoms with E-state index in [1.54, 1.807) is 0 Å². The van der Waals surface area contributed by atoms with E-state index >= 15 is 0 Å². The summed E-state index contributed by atoms with van der Waals surface area (Å²) in [6.45, 7) is 2.21. The summed E-state index contributed by atoms with van der Waals surface area (Å²) < 4.78 is 0. The van der Waals surface area contributed by atoms with Crippen molar-refractivity contribution in [2.75, 3.05) is 29.7 Å². The number of rotatable bonds is 6. The van der Waals surface area contributed by atoms with Crippen LogP contribution in [0.4, 0.5) is 5.69 Å². The van der Waals surface area contributed by atoms with Gasteiger partial charge < -0.3 is 10.6 Å². The minimum atomic E-state index is 0.575. The van der Waals surface area contributed by atoms with Crippen molar-refractivity contribution in [2.24, 2.45) is 5.73 Å². The smallest absolute Gasteiger partial charge is 0.0399 e. The monoisotopic (exact) mass is 246 g/mol. The largest absolute Gasteiger partial charge is 0.369 e. The number of alkyl halides is 2. The van der Waals surface area contributed by atoms with Gasteiger partial charge in [0, 0.05) is 37.1 Å². The van der Waals surface area contributed by atoms with Gasteiger partial charge in [0.2, 0.25) is 0 Å². The molecule has 0 heterocycles. The van der Waals surface area contributed by atoms with Gasteiger partial charge in [-0.05, 0) is 17.7 Å². The Morgan fingerprint density at radius 1 is 1.00 bits per heavy atom. The van der Waals surface area contributed by atoms with Crippen LogP contribution in [-0.2, 0) is 6.54 Å². The minimum absolute atomic E-state index is 0.575. The van der Waals surface area contributed by atoms with E-state index in [0.29, 0.717) is 18.3 Å². The van der Waals surface area contributed by atoms with Crippen LogP contribution in [-0.4, -0.2) is 24.8 Å².